The lowest BCUT2D eigenvalue weighted by Crippen LogP contribution is -2.44. The van der Waals surface area contributed by atoms with Crippen LogP contribution in [0.2, 0.25) is 5.02 Å². The summed E-state index contributed by atoms with van der Waals surface area (Å²) in [5.74, 6) is -0.265. The van der Waals surface area contributed by atoms with Crippen molar-refractivity contribution in [2.24, 2.45) is 0 Å². The number of aliphatic hydroxyl groups excluding tert-OH is 2. The summed E-state index contributed by atoms with van der Waals surface area (Å²) in [7, 11) is 0. The summed E-state index contributed by atoms with van der Waals surface area (Å²) in [5.41, 5.74) is 6.58. The first-order valence-corrected chi connectivity index (χ1v) is 6.69. The molecule has 0 aromatic heterocycles. The molecule has 0 radical (unpaired) electrons. The fraction of sp³-hybridized carbons (Fsp3) is 0.462. The van der Waals surface area contributed by atoms with Crippen LogP contribution in [-0.2, 0) is 4.79 Å². The lowest BCUT2D eigenvalue weighted by atomic mass is 10.2. The molecule has 0 heterocycles. The van der Waals surface area contributed by atoms with Crippen LogP contribution in [0.25, 0.3) is 0 Å². The Morgan fingerprint density at radius 3 is 2.50 bits per heavy atom. The summed E-state index contributed by atoms with van der Waals surface area (Å²) >= 11 is 5.99. The molecule has 1 rings (SSSR count). The van der Waals surface area contributed by atoms with E-state index in [1.54, 1.807) is 30.0 Å². The van der Waals surface area contributed by atoms with Crippen molar-refractivity contribution in [2.45, 2.75) is 13.0 Å². The van der Waals surface area contributed by atoms with E-state index in [0.29, 0.717) is 29.5 Å². The molecule has 0 aliphatic rings. The van der Waals surface area contributed by atoms with Crippen molar-refractivity contribution in [3.05, 3.63) is 23.2 Å². The van der Waals surface area contributed by atoms with E-state index in [0.717, 1.165) is 0 Å². The zero-order chi connectivity index (χ0) is 15.1. The van der Waals surface area contributed by atoms with Crippen molar-refractivity contribution < 1.29 is 15.0 Å². The van der Waals surface area contributed by atoms with Gasteiger partial charge in [-0.25, -0.2) is 0 Å². The maximum absolute atomic E-state index is 12.1. The van der Waals surface area contributed by atoms with Gasteiger partial charge >= 0.3 is 0 Å². The number of hydrogen-bond acceptors (Lipinski definition) is 5. The molecule has 1 aromatic carbocycles. The molecule has 0 saturated carbocycles. The minimum absolute atomic E-state index is 0.0831. The zero-order valence-electron chi connectivity index (χ0n) is 11.3. The van der Waals surface area contributed by atoms with Gasteiger partial charge in [0.2, 0.25) is 5.91 Å². The number of benzene rings is 1. The van der Waals surface area contributed by atoms with E-state index in [1.807, 2.05) is 0 Å². The molecule has 5 N–H and O–H groups in total. The topological polar surface area (TPSA) is 98.8 Å². The first-order valence-electron chi connectivity index (χ1n) is 6.31. The van der Waals surface area contributed by atoms with E-state index in [9.17, 15) is 4.79 Å². The van der Waals surface area contributed by atoms with Gasteiger partial charge in [-0.05, 0) is 25.1 Å². The minimum atomic E-state index is -0.497. The molecular formula is C13H20ClN3O3. The van der Waals surface area contributed by atoms with Crippen molar-refractivity contribution in [2.75, 3.05) is 37.4 Å². The second kappa shape index (κ2) is 8.06. The minimum Gasteiger partial charge on any atom is -0.399 e. The van der Waals surface area contributed by atoms with Crippen molar-refractivity contribution in [3.8, 4) is 0 Å². The number of nitrogens with two attached hydrogens (primary N) is 1. The highest BCUT2D eigenvalue weighted by Gasteiger charge is 2.21. The third-order valence-corrected chi connectivity index (χ3v) is 3.27. The Bertz CT molecular complexity index is 450. The zero-order valence-corrected chi connectivity index (χ0v) is 12.1. The Labute approximate surface area is 123 Å². The summed E-state index contributed by atoms with van der Waals surface area (Å²) in [5, 5.41) is 21.0. The Morgan fingerprint density at radius 2 is 2.00 bits per heavy atom. The molecule has 0 bridgehead atoms. The predicted octanol–water partition coefficient (Wildman–Crippen LogP) is 0.536. The highest BCUT2D eigenvalue weighted by Crippen LogP contribution is 2.24. The van der Waals surface area contributed by atoms with Crippen LogP contribution in [0.4, 0.5) is 11.4 Å². The smallest absolute Gasteiger partial charge is 0.241 e. The normalized spacial score (nSPS) is 12.4. The van der Waals surface area contributed by atoms with Gasteiger partial charge in [-0.15, -0.1) is 0 Å². The molecule has 7 heteroatoms. The van der Waals surface area contributed by atoms with Crippen LogP contribution >= 0.6 is 11.6 Å². The monoisotopic (exact) mass is 301 g/mol. The number of aliphatic hydroxyl groups is 2. The molecule has 20 heavy (non-hydrogen) atoms. The summed E-state index contributed by atoms with van der Waals surface area (Å²) < 4.78 is 0. The van der Waals surface area contributed by atoms with Crippen LogP contribution in [0.3, 0.4) is 0 Å². The standard InChI is InChI=1S/C13H20ClN3O3/c1-9(17(4-6-18)5-7-19)13(20)16-12-3-2-10(15)8-11(12)14/h2-3,8-9,18-19H,4-7,15H2,1H3,(H,16,20). The predicted molar refractivity (Wildman–Crippen MR) is 79.7 cm³/mol. The molecule has 1 aromatic rings. The van der Waals surface area contributed by atoms with Crippen LogP contribution in [0.15, 0.2) is 18.2 Å². The third-order valence-electron chi connectivity index (χ3n) is 2.95. The van der Waals surface area contributed by atoms with Crippen LogP contribution in [0.5, 0.6) is 0 Å². The molecular weight excluding hydrogens is 282 g/mol. The van der Waals surface area contributed by atoms with Crippen molar-refractivity contribution in [1.82, 2.24) is 4.90 Å². The van der Waals surface area contributed by atoms with E-state index in [2.05, 4.69) is 5.32 Å². The van der Waals surface area contributed by atoms with E-state index in [1.165, 1.54) is 0 Å². The summed E-state index contributed by atoms with van der Waals surface area (Å²) in [6, 6.07) is 4.33. The number of rotatable bonds is 7. The fourth-order valence-corrected chi connectivity index (χ4v) is 2.03. The average molecular weight is 302 g/mol. The molecule has 1 atom stereocenters. The Hall–Kier alpha value is -1.34. The third kappa shape index (κ3) is 4.64. The Kier molecular flexibility index (Phi) is 6.74. The van der Waals surface area contributed by atoms with Crippen LogP contribution in [-0.4, -0.2) is 53.4 Å². The number of carbonyl (C=O) groups is 1. The maximum Gasteiger partial charge on any atom is 0.241 e. The first-order chi connectivity index (χ1) is 9.49. The number of anilines is 2. The second-order valence-corrected chi connectivity index (χ2v) is 4.79. The van der Waals surface area contributed by atoms with Gasteiger partial charge in [-0.2, -0.15) is 0 Å². The van der Waals surface area contributed by atoms with Gasteiger partial charge in [-0.3, -0.25) is 9.69 Å². The van der Waals surface area contributed by atoms with Gasteiger partial charge in [0.15, 0.2) is 0 Å². The van der Waals surface area contributed by atoms with Crippen LogP contribution in [0, 0.1) is 0 Å². The van der Waals surface area contributed by atoms with Gasteiger partial charge in [-0.1, -0.05) is 11.6 Å². The summed E-state index contributed by atoms with van der Waals surface area (Å²) in [4.78, 5) is 13.8. The number of nitrogens with one attached hydrogen (secondary N) is 1. The number of amides is 1. The van der Waals surface area contributed by atoms with Crippen LogP contribution in [0.1, 0.15) is 6.92 Å². The first kappa shape index (κ1) is 16.7. The van der Waals surface area contributed by atoms with Crippen molar-refractivity contribution in [3.63, 3.8) is 0 Å². The highest BCUT2D eigenvalue weighted by atomic mass is 35.5. The molecule has 6 nitrogen and oxygen atoms in total. The molecule has 0 spiro atoms. The van der Waals surface area contributed by atoms with Gasteiger partial charge < -0.3 is 21.3 Å². The van der Waals surface area contributed by atoms with E-state index in [-0.39, 0.29) is 19.1 Å². The number of nitrogens with zero attached hydrogens (tertiary/aromatic N) is 1. The molecule has 0 aliphatic carbocycles. The van der Waals surface area contributed by atoms with E-state index >= 15 is 0 Å². The molecule has 1 amide bonds. The maximum atomic E-state index is 12.1. The molecule has 0 aliphatic heterocycles. The Balaban J connectivity index is 2.73. The number of hydrogen-bond donors (Lipinski definition) is 4. The second-order valence-electron chi connectivity index (χ2n) is 4.39. The fourth-order valence-electron chi connectivity index (χ4n) is 1.79. The molecule has 0 saturated heterocycles. The summed E-state index contributed by atoms with van der Waals surface area (Å²) in [6.07, 6.45) is 0. The summed E-state index contributed by atoms with van der Waals surface area (Å²) in [6.45, 7) is 2.15. The van der Waals surface area contributed by atoms with E-state index < -0.39 is 6.04 Å². The Morgan fingerprint density at radius 1 is 1.40 bits per heavy atom. The molecule has 0 fully saturated rings. The van der Waals surface area contributed by atoms with Gasteiger partial charge in [0.05, 0.1) is 30.0 Å². The van der Waals surface area contributed by atoms with E-state index in [4.69, 9.17) is 27.5 Å². The SMILES string of the molecule is CC(C(=O)Nc1ccc(N)cc1Cl)N(CCO)CCO. The van der Waals surface area contributed by atoms with Crippen molar-refractivity contribution in [1.29, 1.82) is 0 Å². The van der Waals surface area contributed by atoms with Crippen molar-refractivity contribution >= 4 is 28.9 Å². The lowest BCUT2D eigenvalue weighted by Gasteiger charge is -2.26. The van der Waals surface area contributed by atoms with Gasteiger partial charge in [0.1, 0.15) is 0 Å². The average Bonchev–Trinajstić information content (AvgIpc) is 2.40. The van der Waals surface area contributed by atoms with Gasteiger partial charge in [0.25, 0.3) is 0 Å². The van der Waals surface area contributed by atoms with Gasteiger partial charge in [0, 0.05) is 18.8 Å². The number of nitrogen functional groups attached to an aromatic ring is 1. The number of halogens is 1. The van der Waals surface area contributed by atoms with Crippen LogP contribution < -0.4 is 11.1 Å². The quantitative estimate of drug-likeness (QED) is 0.551. The number of carbonyl (C=O) groups excluding carboxylic acids is 1. The largest absolute Gasteiger partial charge is 0.399 e. The molecule has 1 unspecified atom stereocenters. The lowest BCUT2D eigenvalue weighted by molar-refractivity contribution is -0.121. The highest BCUT2D eigenvalue weighted by molar-refractivity contribution is 6.34. The molecule has 112 valence electrons.